The minimum atomic E-state index is -4.32. The van der Waals surface area contributed by atoms with Crippen molar-refractivity contribution in [1.82, 2.24) is 10.2 Å². The Hall–Kier alpha value is -2.39. The number of nitrogens with one attached hydrogen (secondary N) is 2. The Balaban J connectivity index is 2.85. The van der Waals surface area contributed by atoms with Gasteiger partial charge in [-0.05, 0) is 36.8 Å². The lowest BCUT2D eigenvalue weighted by atomic mass is 10.1. The predicted octanol–water partition coefficient (Wildman–Crippen LogP) is 1.82. The van der Waals surface area contributed by atoms with Crippen LogP contribution in [0, 0.1) is 11.5 Å². The Morgan fingerprint density at radius 2 is 1.89 bits per heavy atom. The number of sulfone groups is 1. The molecule has 0 radical (unpaired) electrons. The van der Waals surface area contributed by atoms with Gasteiger partial charge in [0.15, 0.2) is 11.3 Å². The molecule has 1 aromatic rings. The quantitative estimate of drug-likeness (QED) is 0.382. The van der Waals surface area contributed by atoms with Gasteiger partial charge in [0, 0.05) is 18.5 Å². The third-order valence-corrected chi connectivity index (χ3v) is 4.55. The predicted molar refractivity (Wildman–Crippen MR) is 102 cm³/mol. The lowest BCUT2D eigenvalue weighted by Gasteiger charge is -2.22. The van der Waals surface area contributed by atoms with E-state index in [9.17, 15) is 26.4 Å². The largest absolute Gasteiger partial charge is 0.393 e. The van der Waals surface area contributed by atoms with Crippen LogP contribution in [0.2, 0.25) is 0 Å². The zero-order valence-corrected chi connectivity index (χ0v) is 16.7. The minimum Gasteiger partial charge on any atom is -0.350 e. The van der Waals surface area contributed by atoms with Gasteiger partial charge in [0.05, 0.1) is 12.2 Å². The van der Waals surface area contributed by atoms with Crippen molar-refractivity contribution in [2.45, 2.75) is 25.6 Å². The number of amides is 1. The maximum Gasteiger partial charge on any atom is 0.393 e. The van der Waals surface area contributed by atoms with Crippen molar-refractivity contribution in [3.63, 3.8) is 0 Å². The highest BCUT2D eigenvalue weighted by Crippen LogP contribution is 2.22. The van der Waals surface area contributed by atoms with Crippen LogP contribution in [-0.2, 0) is 21.1 Å². The second-order valence-electron chi connectivity index (χ2n) is 5.91. The molecule has 0 fully saturated rings. The summed E-state index contributed by atoms with van der Waals surface area (Å²) in [5, 5.41) is 14.1. The summed E-state index contributed by atoms with van der Waals surface area (Å²) in [4.78, 5) is 13.1. The van der Waals surface area contributed by atoms with Crippen LogP contribution < -0.4 is 10.6 Å². The summed E-state index contributed by atoms with van der Waals surface area (Å²) in [7, 11) is -3.57. The standard InChI is InChI=1S/C16H19F3N4O3S2/c1-3-23(10-20)14(24)13(9-28(2,25)26)22-15(27)21-12-6-4-11(5-7-12)8-16(17,18)19/h4-7,13H,3,8-9H2,1-2H3,(H2,21,22,27). The Morgan fingerprint density at radius 3 is 2.32 bits per heavy atom. The number of alkyl halides is 3. The second-order valence-corrected chi connectivity index (χ2v) is 8.51. The van der Waals surface area contributed by atoms with E-state index in [4.69, 9.17) is 17.5 Å². The summed E-state index contributed by atoms with van der Waals surface area (Å²) in [6.07, 6.45) is -2.79. The number of benzene rings is 1. The first-order valence-corrected chi connectivity index (χ1v) is 10.4. The van der Waals surface area contributed by atoms with Gasteiger partial charge < -0.3 is 10.6 Å². The van der Waals surface area contributed by atoms with E-state index in [1.807, 2.05) is 0 Å². The van der Waals surface area contributed by atoms with Gasteiger partial charge in [-0.1, -0.05) is 12.1 Å². The zero-order valence-electron chi connectivity index (χ0n) is 15.1. The molecule has 12 heteroatoms. The molecule has 1 unspecified atom stereocenters. The van der Waals surface area contributed by atoms with Gasteiger partial charge in [-0.15, -0.1) is 0 Å². The van der Waals surface area contributed by atoms with E-state index in [1.54, 1.807) is 13.1 Å². The molecule has 0 aliphatic rings. The van der Waals surface area contributed by atoms with Crippen LogP contribution in [0.25, 0.3) is 0 Å². The number of thiocarbonyl (C=S) groups is 1. The average Bonchev–Trinajstić information content (AvgIpc) is 2.54. The first-order chi connectivity index (χ1) is 12.8. The maximum absolute atomic E-state index is 12.4. The molecule has 1 amide bonds. The Labute approximate surface area is 166 Å². The SMILES string of the molecule is CCN(C#N)C(=O)C(CS(C)(=O)=O)NC(=S)Nc1ccc(CC(F)(F)F)cc1. The first kappa shape index (κ1) is 23.6. The van der Waals surface area contributed by atoms with Crippen molar-refractivity contribution in [2.75, 3.05) is 23.9 Å². The van der Waals surface area contributed by atoms with Crippen LogP contribution in [0.5, 0.6) is 0 Å². The van der Waals surface area contributed by atoms with E-state index in [0.717, 1.165) is 11.2 Å². The smallest absolute Gasteiger partial charge is 0.350 e. The average molecular weight is 436 g/mol. The van der Waals surface area contributed by atoms with Crippen molar-refractivity contribution in [1.29, 1.82) is 5.26 Å². The molecule has 0 aromatic heterocycles. The molecule has 2 N–H and O–H groups in total. The topological polar surface area (TPSA) is 102 Å². The molecule has 0 aliphatic carbocycles. The number of rotatable bonds is 7. The van der Waals surface area contributed by atoms with E-state index >= 15 is 0 Å². The van der Waals surface area contributed by atoms with Gasteiger partial charge in [0.25, 0.3) is 5.91 Å². The van der Waals surface area contributed by atoms with Gasteiger partial charge in [-0.2, -0.15) is 18.4 Å². The van der Waals surface area contributed by atoms with E-state index in [-0.39, 0.29) is 17.2 Å². The van der Waals surface area contributed by atoms with Crippen LogP contribution in [-0.4, -0.2) is 55.1 Å². The molecule has 0 saturated carbocycles. The van der Waals surface area contributed by atoms with Crippen molar-refractivity contribution in [3.8, 4) is 6.19 Å². The fourth-order valence-electron chi connectivity index (χ4n) is 2.20. The molecule has 1 rings (SSSR count). The molecular weight excluding hydrogens is 417 g/mol. The Bertz CT molecular complexity index is 849. The number of hydrogen-bond donors (Lipinski definition) is 2. The minimum absolute atomic E-state index is 0.0537. The number of nitriles is 1. The number of carbonyl (C=O) groups is 1. The van der Waals surface area contributed by atoms with Crippen molar-refractivity contribution in [2.24, 2.45) is 0 Å². The third-order valence-electron chi connectivity index (χ3n) is 3.39. The number of halogens is 3. The van der Waals surface area contributed by atoms with Crippen LogP contribution >= 0.6 is 12.2 Å². The Kier molecular flexibility index (Phi) is 8.19. The highest BCUT2D eigenvalue weighted by Gasteiger charge is 2.28. The number of hydrogen-bond acceptors (Lipinski definition) is 5. The van der Waals surface area contributed by atoms with Gasteiger partial charge in [0.2, 0.25) is 0 Å². The summed E-state index contributed by atoms with van der Waals surface area (Å²) < 4.78 is 60.3. The van der Waals surface area contributed by atoms with Crippen LogP contribution in [0.1, 0.15) is 12.5 Å². The number of carbonyl (C=O) groups excluding carboxylic acids is 1. The highest BCUT2D eigenvalue weighted by atomic mass is 32.2. The summed E-state index contributed by atoms with van der Waals surface area (Å²) in [5.74, 6) is -1.35. The molecule has 7 nitrogen and oxygen atoms in total. The zero-order chi connectivity index (χ0) is 21.5. The summed E-state index contributed by atoms with van der Waals surface area (Å²) in [6, 6.07) is 3.99. The summed E-state index contributed by atoms with van der Waals surface area (Å²) in [5.41, 5.74) is 0.413. The summed E-state index contributed by atoms with van der Waals surface area (Å²) in [6.45, 7) is 1.61. The molecule has 0 aliphatic heterocycles. The molecule has 0 bridgehead atoms. The van der Waals surface area contributed by atoms with E-state index in [2.05, 4.69) is 10.6 Å². The summed E-state index contributed by atoms with van der Waals surface area (Å²) >= 11 is 5.05. The Morgan fingerprint density at radius 1 is 1.32 bits per heavy atom. The molecule has 154 valence electrons. The first-order valence-electron chi connectivity index (χ1n) is 7.96. The van der Waals surface area contributed by atoms with Crippen LogP contribution in [0.3, 0.4) is 0 Å². The normalized spacial score (nSPS) is 12.6. The molecule has 0 spiro atoms. The van der Waals surface area contributed by atoms with Crippen molar-refractivity contribution in [3.05, 3.63) is 29.8 Å². The van der Waals surface area contributed by atoms with E-state index in [0.29, 0.717) is 5.69 Å². The number of likely N-dealkylation sites (N-methyl/N-ethyl adjacent to an activating group) is 1. The van der Waals surface area contributed by atoms with Gasteiger partial charge in [0.1, 0.15) is 15.9 Å². The van der Waals surface area contributed by atoms with E-state index in [1.165, 1.54) is 24.3 Å². The van der Waals surface area contributed by atoms with Crippen LogP contribution in [0.15, 0.2) is 24.3 Å². The monoisotopic (exact) mass is 436 g/mol. The van der Waals surface area contributed by atoms with Crippen molar-refractivity contribution < 1.29 is 26.4 Å². The van der Waals surface area contributed by atoms with Gasteiger partial charge >= 0.3 is 6.18 Å². The van der Waals surface area contributed by atoms with Crippen LogP contribution in [0.4, 0.5) is 18.9 Å². The number of anilines is 1. The molecule has 1 atom stereocenters. The lowest BCUT2D eigenvalue weighted by Crippen LogP contribution is -2.51. The molecular formula is C16H19F3N4O3S2. The molecule has 1 aromatic carbocycles. The fourth-order valence-corrected chi connectivity index (χ4v) is 3.30. The van der Waals surface area contributed by atoms with E-state index < -0.39 is 40.1 Å². The van der Waals surface area contributed by atoms with Crippen molar-refractivity contribution >= 4 is 38.8 Å². The molecule has 0 heterocycles. The third kappa shape index (κ3) is 8.53. The lowest BCUT2D eigenvalue weighted by molar-refractivity contribution is -0.129. The second kappa shape index (κ2) is 9.70. The van der Waals surface area contributed by atoms with Gasteiger partial charge in [-0.25, -0.2) is 13.3 Å². The fraction of sp³-hybridized carbons (Fsp3) is 0.438. The molecule has 0 saturated heterocycles. The van der Waals surface area contributed by atoms with Gasteiger partial charge in [-0.3, -0.25) is 4.79 Å². The number of nitrogens with zero attached hydrogens (tertiary/aromatic N) is 2. The highest BCUT2D eigenvalue weighted by molar-refractivity contribution is 7.90. The maximum atomic E-state index is 12.4. The molecule has 28 heavy (non-hydrogen) atoms.